The van der Waals surface area contributed by atoms with Gasteiger partial charge in [0.1, 0.15) is 11.4 Å². The molecule has 10 heteroatoms. The Morgan fingerprint density at radius 2 is 1.74 bits per heavy atom. The van der Waals surface area contributed by atoms with Crippen LogP contribution in [0.1, 0.15) is 33.9 Å². The van der Waals surface area contributed by atoms with Gasteiger partial charge in [-0.05, 0) is 45.0 Å². The van der Waals surface area contributed by atoms with Crippen LogP contribution in [0.3, 0.4) is 0 Å². The quantitative estimate of drug-likeness (QED) is 0.423. The molecule has 0 bridgehead atoms. The lowest BCUT2D eigenvalue weighted by atomic mass is 10.1. The number of hydrazine groups is 1. The maximum absolute atomic E-state index is 13.4. The van der Waals surface area contributed by atoms with Crippen molar-refractivity contribution in [2.24, 2.45) is 7.05 Å². The van der Waals surface area contributed by atoms with E-state index in [1.54, 1.807) is 26.9 Å². The smallest absolute Gasteiger partial charge is 0.356 e. The second-order valence-electron chi connectivity index (χ2n) is 8.02. The number of aromatic nitrogens is 3. The summed E-state index contributed by atoms with van der Waals surface area (Å²) in [5, 5.41) is 0. The maximum atomic E-state index is 13.4. The topological polar surface area (TPSA) is 116 Å². The molecule has 0 fully saturated rings. The summed E-state index contributed by atoms with van der Waals surface area (Å²) in [5.74, 6) is -1.42. The molecule has 3 aromatic rings. The summed E-state index contributed by atoms with van der Waals surface area (Å²) in [7, 11) is 1.81. The van der Waals surface area contributed by atoms with Crippen molar-refractivity contribution in [2.45, 2.75) is 27.2 Å². The van der Waals surface area contributed by atoms with Crippen molar-refractivity contribution in [2.75, 3.05) is 6.61 Å². The SMILES string of the molecule is Cc1cc(C(=O)COC(=O)C2=CCC(=O)NN2)c(C)n1-c1c(C)n(C)n(-c2ccccc2)c1=O. The van der Waals surface area contributed by atoms with Gasteiger partial charge in [0, 0.05) is 30.4 Å². The predicted octanol–water partition coefficient (Wildman–Crippen LogP) is 1.53. The van der Waals surface area contributed by atoms with Crippen LogP contribution in [0.2, 0.25) is 0 Å². The molecular weight excluding hydrogens is 438 g/mol. The molecule has 0 saturated heterocycles. The zero-order chi connectivity index (χ0) is 24.6. The number of Topliss-reactive ketones (excluding diaryl/α,β-unsaturated/α-hetero) is 1. The summed E-state index contributed by atoms with van der Waals surface area (Å²) < 4.78 is 10.2. The molecule has 0 unspecified atom stereocenters. The minimum Gasteiger partial charge on any atom is -0.453 e. The highest BCUT2D eigenvalue weighted by Crippen LogP contribution is 2.23. The number of carbonyl (C=O) groups is 3. The second-order valence-corrected chi connectivity index (χ2v) is 8.02. The molecule has 1 aliphatic rings. The van der Waals surface area contributed by atoms with Crippen molar-refractivity contribution < 1.29 is 19.1 Å². The lowest BCUT2D eigenvalue weighted by molar-refractivity contribution is -0.138. The number of ether oxygens (including phenoxy) is 1. The van der Waals surface area contributed by atoms with Crippen molar-refractivity contribution in [3.05, 3.63) is 81.2 Å². The van der Waals surface area contributed by atoms with Gasteiger partial charge in [0.2, 0.25) is 11.7 Å². The lowest BCUT2D eigenvalue weighted by Crippen LogP contribution is -2.42. The molecule has 10 nitrogen and oxygen atoms in total. The van der Waals surface area contributed by atoms with Gasteiger partial charge in [0.25, 0.3) is 5.56 Å². The molecule has 0 spiro atoms. The standard InChI is InChI=1S/C24H25N5O5/c1-14-12-18(20(30)13-34-24(33)19-10-11-21(31)26-25-19)15(2)28(14)22-16(3)27(4)29(23(22)32)17-8-6-5-7-9-17/h5-10,12,25H,11,13H2,1-4H3,(H,26,31). The summed E-state index contributed by atoms with van der Waals surface area (Å²) in [6.07, 6.45) is 1.44. The first-order valence-corrected chi connectivity index (χ1v) is 10.7. The molecule has 1 aromatic carbocycles. The summed E-state index contributed by atoms with van der Waals surface area (Å²) in [4.78, 5) is 49.7. The number of aryl methyl sites for hydroxylation is 1. The molecule has 3 heterocycles. The predicted molar refractivity (Wildman–Crippen MR) is 124 cm³/mol. The molecule has 2 aromatic heterocycles. The number of carbonyl (C=O) groups excluding carboxylic acids is 3. The number of nitrogens with zero attached hydrogens (tertiary/aromatic N) is 3. The van der Waals surface area contributed by atoms with Crippen LogP contribution in [0.25, 0.3) is 11.4 Å². The Morgan fingerprint density at radius 1 is 1.03 bits per heavy atom. The van der Waals surface area contributed by atoms with Gasteiger partial charge >= 0.3 is 5.97 Å². The molecule has 0 radical (unpaired) electrons. The van der Waals surface area contributed by atoms with E-state index in [-0.39, 0.29) is 23.6 Å². The number of para-hydroxylation sites is 1. The average Bonchev–Trinajstić information content (AvgIpc) is 3.23. The van der Waals surface area contributed by atoms with Crippen LogP contribution in [0.15, 0.2) is 53.0 Å². The zero-order valence-electron chi connectivity index (χ0n) is 19.3. The van der Waals surface area contributed by atoms with Gasteiger partial charge in [0.15, 0.2) is 6.61 Å². The van der Waals surface area contributed by atoms with Crippen LogP contribution in [-0.2, 0) is 21.4 Å². The molecule has 2 N–H and O–H groups in total. The van der Waals surface area contributed by atoms with Gasteiger partial charge in [-0.15, -0.1) is 0 Å². The summed E-state index contributed by atoms with van der Waals surface area (Å²) >= 11 is 0. The first-order chi connectivity index (χ1) is 16.2. The monoisotopic (exact) mass is 463 g/mol. The van der Waals surface area contributed by atoms with Crippen LogP contribution in [0.4, 0.5) is 0 Å². The average molecular weight is 463 g/mol. The van der Waals surface area contributed by atoms with E-state index in [2.05, 4.69) is 10.9 Å². The largest absolute Gasteiger partial charge is 0.453 e. The number of amides is 1. The highest BCUT2D eigenvalue weighted by atomic mass is 16.5. The molecule has 1 aliphatic heterocycles. The van der Waals surface area contributed by atoms with E-state index in [1.807, 2.05) is 51.2 Å². The summed E-state index contributed by atoms with van der Waals surface area (Å²) in [5.41, 5.74) is 8.18. The number of esters is 1. The molecule has 0 aliphatic carbocycles. The van der Waals surface area contributed by atoms with Crippen LogP contribution in [0, 0.1) is 20.8 Å². The van der Waals surface area contributed by atoms with E-state index in [1.165, 1.54) is 6.08 Å². The Labute approximate surface area is 195 Å². The van der Waals surface area contributed by atoms with Gasteiger partial charge in [-0.3, -0.25) is 29.9 Å². The fourth-order valence-electron chi connectivity index (χ4n) is 4.06. The van der Waals surface area contributed by atoms with E-state index in [0.717, 1.165) is 11.4 Å². The van der Waals surface area contributed by atoms with Gasteiger partial charge < -0.3 is 9.30 Å². The highest BCUT2D eigenvalue weighted by Gasteiger charge is 2.25. The van der Waals surface area contributed by atoms with Gasteiger partial charge in [0.05, 0.1) is 11.4 Å². The minimum atomic E-state index is -0.744. The Morgan fingerprint density at radius 3 is 2.38 bits per heavy atom. The van der Waals surface area contributed by atoms with Crippen LogP contribution < -0.4 is 16.4 Å². The van der Waals surface area contributed by atoms with Crippen molar-refractivity contribution in [3.63, 3.8) is 0 Å². The summed E-state index contributed by atoms with van der Waals surface area (Å²) in [6, 6.07) is 11.0. The van der Waals surface area contributed by atoms with Crippen LogP contribution in [-0.4, -0.2) is 38.2 Å². The molecule has 0 atom stereocenters. The number of nitrogens with one attached hydrogen (secondary N) is 2. The summed E-state index contributed by atoms with van der Waals surface area (Å²) in [6.45, 7) is 4.94. The minimum absolute atomic E-state index is 0.0451. The molecular formula is C24H25N5O5. The third-order valence-corrected chi connectivity index (χ3v) is 5.86. The third-order valence-electron chi connectivity index (χ3n) is 5.86. The number of hydrogen-bond acceptors (Lipinski definition) is 6. The highest BCUT2D eigenvalue weighted by molar-refractivity contribution is 6.00. The van der Waals surface area contributed by atoms with E-state index in [9.17, 15) is 19.2 Å². The van der Waals surface area contributed by atoms with E-state index < -0.39 is 18.4 Å². The maximum Gasteiger partial charge on any atom is 0.356 e. The molecule has 4 rings (SSSR count). The Bertz CT molecular complexity index is 1390. The number of hydrogen-bond donors (Lipinski definition) is 2. The third kappa shape index (κ3) is 3.94. The van der Waals surface area contributed by atoms with Crippen LogP contribution in [0.5, 0.6) is 0 Å². The molecule has 0 saturated carbocycles. The van der Waals surface area contributed by atoms with Crippen molar-refractivity contribution >= 4 is 17.7 Å². The second kappa shape index (κ2) is 8.89. The van der Waals surface area contributed by atoms with Gasteiger partial charge in [-0.25, -0.2) is 9.48 Å². The first-order valence-electron chi connectivity index (χ1n) is 10.7. The molecule has 34 heavy (non-hydrogen) atoms. The first kappa shape index (κ1) is 22.8. The molecule has 1 amide bonds. The Hall–Kier alpha value is -4.34. The van der Waals surface area contributed by atoms with Gasteiger partial charge in [-0.2, -0.15) is 0 Å². The Balaban J connectivity index is 1.62. The lowest BCUT2D eigenvalue weighted by Gasteiger charge is -2.15. The molecule has 176 valence electrons. The normalized spacial score (nSPS) is 13.2. The zero-order valence-corrected chi connectivity index (χ0v) is 19.3. The van der Waals surface area contributed by atoms with E-state index in [0.29, 0.717) is 22.6 Å². The van der Waals surface area contributed by atoms with Crippen molar-refractivity contribution in [1.82, 2.24) is 24.8 Å². The fraction of sp³-hybridized carbons (Fsp3) is 0.250. The number of benzene rings is 1. The Kier molecular flexibility index (Phi) is 5.97. The number of rotatable bonds is 6. The fourth-order valence-corrected chi connectivity index (χ4v) is 4.06. The van der Waals surface area contributed by atoms with Crippen molar-refractivity contribution in [3.8, 4) is 11.4 Å². The number of ketones is 1. The van der Waals surface area contributed by atoms with Crippen LogP contribution >= 0.6 is 0 Å². The van der Waals surface area contributed by atoms with E-state index in [4.69, 9.17) is 4.74 Å². The van der Waals surface area contributed by atoms with E-state index >= 15 is 0 Å². The van der Waals surface area contributed by atoms with Gasteiger partial charge in [-0.1, -0.05) is 18.2 Å². The van der Waals surface area contributed by atoms with Crippen molar-refractivity contribution in [1.29, 1.82) is 0 Å².